The van der Waals surface area contributed by atoms with E-state index in [-0.39, 0.29) is 0 Å². The van der Waals surface area contributed by atoms with E-state index >= 15 is 0 Å². The minimum atomic E-state index is 0.433. The smallest absolute Gasteiger partial charge is 0.161 e. The van der Waals surface area contributed by atoms with E-state index in [1.54, 1.807) is 24.3 Å². The molecule has 0 unspecified atom stereocenters. The maximum atomic E-state index is 9.57. The minimum Gasteiger partial charge on any atom is -0.324 e. The number of nitrogens with zero attached hydrogens (tertiary/aromatic N) is 1. The first kappa shape index (κ1) is 6.74. The van der Waals surface area contributed by atoms with Gasteiger partial charge in [0.1, 0.15) is 0 Å². The number of hydrogen-bond acceptors (Lipinski definition) is 3. The molecule has 0 atom stereocenters. The molecule has 0 N–H and O–H groups in total. The third-order valence-electron chi connectivity index (χ3n) is 1.07. The van der Waals surface area contributed by atoms with Crippen molar-refractivity contribution >= 4 is 0 Å². The zero-order valence-corrected chi connectivity index (χ0v) is 5.28. The fourth-order valence-corrected chi connectivity index (χ4v) is 0.593. The van der Waals surface area contributed by atoms with Crippen molar-refractivity contribution < 1.29 is 4.84 Å². The van der Waals surface area contributed by atoms with Crippen LogP contribution in [0.25, 0.3) is 0 Å². The van der Waals surface area contributed by atoms with E-state index in [1.807, 2.05) is 0 Å². The summed E-state index contributed by atoms with van der Waals surface area (Å²) < 4.78 is 0. The van der Waals surface area contributed by atoms with E-state index < -0.39 is 0 Å². The van der Waals surface area contributed by atoms with Crippen molar-refractivity contribution in [1.82, 2.24) is 0 Å². The molecule has 1 rings (SSSR count). The van der Waals surface area contributed by atoms with Crippen LogP contribution in [-0.4, -0.2) is 0 Å². The third kappa shape index (κ3) is 1.55. The monoisotopic (exact) mass is 136 g/mol. The lowest BCUT2D eigenvalue weighted by molar-refractivity contribution is 0.335. The molecular formula is C7H6NO2. The van der Waals surface area contributed by atoms with Gasteiger partial charge in [-0.25, -0.2) is 0 Å². The fraction of sp³-hybridized carbons (Fsp3) is 0. The van der Waals surface area contributed by atoms with E-state index in [9.17, 15) is 4.91 Å². The van der Waals surface area contributed by atoms with Crippen molar-refractivity contribution in [2.45, 2.75) is 0 Å². The maximum absolute atomic E-state index is 9.57. The molecule has 0 aliphatic carbocycles. The molecule has 10 heavy (non-hydrogen) atoms. The summed E-state index contributed by atoms with van der Waals surface area (Å²) in [6.45, 7) is 3.66. The average Bonchev–Trinajstić information content (AvgIpc) is 1.95. The van der Waals surface area contributed by atoms with Gasteiger partial charge in [0.15, 0.2) is 11.1 Å². The van der Waals surface area contributed by atoms with Gasteiger partial charge in [-0.05, 0) is 24.6 Å². The summed E-state index contributed by atoms with van der Waals surface area (Å²) in [6.07, 6.45) is 0. The normalized spacial score (nSPS) is 8.90. The Kier molecular flexibility index (Phi) is 1.99. The summed E-state index contributed by atoms with van der Waals surface area (Å²) in [5, 5.41) is 2.27. The second kappa shape index (κ2) is 2.96. The molecule has 0 heterocycles. The van der Waals surface area contributed by atoms with Crippen LogP contribution >= 0.6 is 0 Å². The van der Waals surface area contributed by atoms with Gasteiger partial charge in [-0.2, -0.15) is 0 Å². The molecule has 0 aliphatic rings. The van der Waals surface area contributed by atoms with Crippen LogP contribution < -0.4 is 4.84 Å². The van der Waals surface area contributed by atoms with E-state index in [0.29, 0.717) is 5.75 Å². The van der Waals surface area contributed by atoms with Gasteiger partial charge in [-0.3, -0.25) is 0 Å². The second-order valence-corrected chi connectivity index (χ2v) is 1.81. The van der Waals surface area contributed by atoms with Crippen LogP contribution in [0.15, 0.2) is 29.6 Å². The molecule has 1 radical (unpaired) electrons. The number of rotatable bonds is 2. The van der Waals surface area contributed by atoms with Crippen molar-refractivity contribution in [3.63, 3.8) is 0 Å². The van der Waals surface area contributed by atoms with E-state index in [0.717, 1.165) is 5.56 Å². The predicted molar refractivity (Wildman–Crippen MR) is 37.3 cm³/mol. The molecule has 3 heteroatoms. The molecule has 0 bridgehead atoms. The first-order valence-corrected chi connectivity index (χ1v) is 2.74. The fourth-order valence-electron chi connectivity index (χ4n) is 0.593. The molecule has 51 valence electrons. The predicted octanol–water partition coefficient (Wildman–Crippen LogP) is 1.93. The Labute approximate surface area is 58.6 Å². The highest BCUT2D eigenvalue weighted by molar-refractivity contribution is 5.28. The molecule has 1 aromatic carbocycles. The molecule has 0 saturated heterocycles. The molecule has 0 spiro atoms. The largest absolute Gasteiger partial charge is 0.324 e. The summed E-state index contributed by atoms with van der Waals surface area (Å²) in [7, 11) is 0. The zero-order chi connectivity index (χ0) is 7.40. The van der Waals surface area contributed by atoms with Gasteiger partial charge in [0, 0.05) is 0 Å². The molecule has 0 aliphatic heterocycles. The first-order chi connectivity index (χ1) is 4.83. The van der Waals surface area contributed by atoms with Crippen LogP contribution in [-0.2, 0) is 0 Å². The van der Waals surface area contributed by atoms with Crippen molar-refractivity contribution in [1.29, 1.82) is 0 Å². The summed E-state index contributed by atoms with van der Waals surface area (Å²) in [5.74, 6) is 0.433. The summed E-state index contributed by atoms with van der Waals surface area (Å²) in [4.78, 5) is 13.9. The van der Waals surface area contributed by atoms with Crippen molar-refractivity contribution in [3.8, 4) is 5.75 Å². The van der Waals surface area contributed by atoms with E-state index in [4.69, 9.17) is 0 Å². The Balaban J connectivity index is 2.78. The molecule has 0 aromatic heterocycles. The number of benzene rings is 1. The highest BCUT2D eigenvalue weighted by Gasteiger charge is 1.89. The topological polar surface area (TPSA) is 38.7 Å². The van der Waals surface area contributed by atoms with Crippen molar-refractivity contribution in [2.75, 3.05) is 0 Å². The van der Waals surface area contributed by atoms with Crippen LogP contribution in [0.4, 0.5) is 0 Å². The van der Waals surface area contributed by atoms with Crippen LogP contribution in [0.1, 0.15) is 5.56 Å². The standard InChI is InChI=1S/C7H6NO2/c1-6-2-4-7(5-3-6)10-8-9/h2-5H,1H2. The molecule has 0 saturated carbocycles. The lowest BCUT2D eigenvalue weighted by atomic mass is 10.2. The molecular weight excluding hydrogens is 130 g/mol. The van der Waals surface area contributed by atoms with E-state index in [1.165, 1.54) is 0 Å². The molecule has 0 fully saturated rings. The molecule has 3 nitrogen and oxygen atoms in total. The second-order valence-electron chi connectivity index (χ2n) is 1.81. The highest BCUT2D eigenvalue weighted by atomic mass is 16.7. The van der Waals surface area contributed by atoms with Crippen molar-refractivity contribution in [3.05, 3.63) is 41.7 Å². The van der Waals surface area contributed by atoms with Crippen LogP contribution in [0.3, 0.4) is 0 Å². The van der Waals surface area contributed by atoms with Gasteiger partial charge in [-0.1, -0.05) is 12.1 Å². The lowest BCUT2D eigenvalue weighted by Crippen LogP contribution is -1.79. The van der Waals surface area contributed by atoms with Crippen molar-refractivity contribution in [2.24, 2.45) is 5.34 Å². The Morgan fingerprint density at radius 2 is 1.90 bits per heavy atom. The SMILES string of the molecule is [CH2]c1ccc(ON=O)cc1. The first-order valence-electron chi connectivity index (χ1n) is 2.74. The van der Waals surface area contributed by atoms with Crippen LogP contribution in [0.5, 0.6) is 5.75 Å². The minimum absolute atomic E-state index is 0.433. The average molecular weight is 136 g/mol. The zero-order valence-electron chi connectivity index (χ0n) is 5.28. The van der Waals surface area contributed by atoms with Gasteiger partial charge < -0.3 is 4.84 Å². The summed E-state index contributed by atoms with van der Waals surface area (Å²) in [6, 6.07) is 6.73. The number of hydrogen-bond donors (Lipinski definition) is 0. The van der Waals surface area contributed by atoms with Gasteiger partial charge in [0.05, 0.1) is 0 Å². The Morgan fingerprint density at radius 3 is 2.40 bits per heavy atom. The molecule has 1 aromatic rings. The van der Waals surface area contributed by atoms with Gasteiger partial charge in [-0.15, -0.1) is 4.91 Å². The van der Waals surface area contributed by atoms with Gasteiger partial charge in [0.2, 0.25) is 0 Å². The van der Waals surface area contributed by atoms with Gasteiger partial charge >= 0.3 is 0 Å². The quantitative estimate of drug-likeness (QED) is 0.460. The van der Waals surface area contributed by atoms with E-state index in [2.05, 4.69) is 17.1 Å². The van der Waals surface area contributed by atoms with Gasteiger partial charge in [0.25, 0.3) is 0 Å². The Morgan fingerprint density at radius 1 is 1.30 bits per heavy atom. The van der Waals surface area contributed by atoms with Crippen LogP contribution in [0, 0.1) is 11.8 Å². The third-order valence-corrected chi connectivity index (χ3v) is 1.07. The molecule has 0 amide bonds. The maximum Gasteiger partial charge on any atom is 0.161 e. The Bertz CT molecular complexity index is 218. The highest BCUT2D eigenvalue weighted by Crippen LogP contribution is 2.10. The summed E-state index contributed by atoms with van der Waals surface area (Å²) in [5.41, 5.74) is 0.873. The van der Waals surface area contributed by atoms with Crippen LogP contribution in [0.2, 0.25) is 0 Å². The summed E-state index contributed by atoms with van der Waals surface area (Å²) >= 11 is 0. The Hall–Kier alpha value is -1.38. The lowest BCUT2D eigenvalue weighted by Gasteiger charge is -1.93.